The van der Waals surface area contributed by atoms with Crippen LogP contribution in [0, 0.1) is 0 Å². The molecule has 0 saturated carbocycles. The smallest absolute Gasteiger partial charge is 0.0314 e. The lowest BCUT2D eigenvalue weighted by Crippen LogP contribution is -1.85. The van der Waals surface area contributed by atoms with Crippen molar-refractivity contribution >= 4 is 22.1 Å². The Morgan fingerprint density at radius 3 is 1.08 bits per heavy atom. The molecule has 2 heteroatoms. The number of benzene rings is 4. The first-order valence-corrected chi connectivity index (χ1v) is 7.95. The Hall–Kier alpha value is -3.26. The minimum absolute atomic E-state index is 0.785. The van der Waals surface area contributed by atoms with E-state index in [2.05, 4.69) is 60.7 Å². The predicted octanol–water partition coefficient (Wildman–Crippen LogP) is 5.34. The summed E-state index contributed by atoms with van der Waals surface area (Å²) in [6, 6.07) is 29.0. The van der Waals surface area contributed by atoms with Crippen LogP contribution in [0.4, 0.5) is 11.4 Å². The van der Waals surface area contributed by atoms with Crippen molar-refractivity contribution in [3.63, 3.8) is 0 Å². The molecule has 0 aliphatic rings. The summed E-state index contributed by atoms with van der Waals surface area (Å²) in [5.74, 6) is 0. The molecule has 0 saturated heterocycles. The molecular weight excluding hydrogens is 292 g/mol. The lowest BCUT2D eigenvalue weighted by atomic mass is 9.97. The number of fused-ring (bicyclic) bond motifs is 1. The van der Waals surface area contributed by atoms with Crippen molar-refractivity contribution in [3.8, 4) is 22.3 Å². The minimum atomic E-state index is 0.785. The van der Waals surface area contributed by atoms with Crippen LogP contribution in [0.25, 0.3) is 33.0 Å². The van der Waals surface area contributed by atoms with Gasteiger partial charge in [0.15, 0.2) is 0 Å². The molecular formula is C22H18N2. The van der Waals surface area contributed by atoms with Gasteiger partial charge in [0, 0.05) is 11.4 Å². The first-order chi connectivity index (χ1) is 11.7. The third-order valence-electron chi connectivity index (χ3n) is 4.33. The molecule has 0 aliphatic carbocycles. The van der Waals surface area contributed by atoms with Gasteiger partial charge in [-0.15, -0.1) is 0 Å². The summed E-state index contributed by atoms with van der Waals surface area (Å²) in [5.41, 5.74) is 17.9. The minimum Gasteiger partial charge on any atom is -0.399 e. The van der Waals surface area contributed by atoms with Crippen molar-refractivity contribution < 1.29 is 0 Å². The highest BCUT2D eigenvalue weighted by molar-refractivity contribution is 5.91. The zero-order chi connectivity index (χ0) is 16.5. The topological polar surface area (TPSA) is 52.0 Å². The second kappa shape index (κ2) is 5.74. The highest BCUT2D eigenvalue weighted by atomic mass is 14.5. The van der Waals surface area contributed by atoms with E-state index in [0.29, 0.717) is 0 Å². The molecule has 0 heterocycles. The first-order valence-electron chi connectivity index (χ1n) is 7.95. The van der Waals surface area contributed by atoms with Gasteiger partial charge < -0.3 is 11.5 Å². The molecule has 0 amide bonds. The summed E-state index contributed by atoms with van der Waals surface area (Å²) in [6.45, 7) is 0. The average Bonchev–Trinajstić information content (AvgIpc) is 2.62. The zero-order valence-electron chi connectivity index (χ0n) is 13.2. The summed E-state index contributed by atoms with van der Waals surface area (Å²) in [7, 11) is 0. The molecule has 0 atom stereocenters. The van der Waals surface area contributed by atoms with E-state index >= 15 is 0 Å². The number of rotatable bonds is 2. The largest absolute Gasteiger partial charge is 0.399 e. The van der Waals surface area contributed by atoms with Gasteiger partial charge >= 0.3 is 0 Å². The molecule has 0 fully saturated rings. The molecule has 0 radical (unpaired) electrons. The summed E-state index contributed by atoms with van der Waals surface area (Å²) < 4.78 is 0. The summed E-state index contributed by atoms with van der Waals surface area (Å²) in [6.07, 6.45) is 0. The van der Waals surface area contributed by atoms with Crippen molar-refractivity contribution in [3.05, 3.63) is 84.9 Å². The van der Waals surface area contributed by atoms with E-state index in [0.717, 1.165) is 11.4 Å². The number of nitrogen functional groups attached to an aromatic ring is 2. The van der Waals surface area contributed by atoms with Gasteiger partial charge in [0.25, 0.3) is 0 Å². The Kier molecular flexibility index (Phi) is 3.43. The molecule has 0 aliphatic heterocycles. The van der Waals surface area contributed by atoms with Gasteiger partial charge in [-0.25, -0.2) is 0 Å². The maximum Gasteiger partial charge on any atom is 0.0314 e. The fraction of sp³-hybridized carbons (Fsp3) is 0. The summed E-state index contributed by atoms with van der Waals surface area (Å²) in [4.78, 5) is 0. The molecule has 116 valence electrons. The van der Waals surface area contributed by atoms with Gasteiger partial charge in [0.2, 0.25) is 0 Å². The van der Waals surface area contributed by atoms with Gasteiger partial charge in [-0.05, 0) is 69.4 Å². The van der Waals surface area contributed by atoms with Gasteiger partial charge in [0.1, 0.15) is 0 Å². The SMILES string of the molecule is Nc1ccc(-c2ccc3cc(-c4ccc(N)cc4)ccc3c2)cc1. The molecule has 4 aromatic rings. The maximum atomic E-state index is 5.77. The highest BCUT2D eigenvalue weighted by Crippen LogP contribution is 2.29. The third-order valence-corrected chi connectivity index (χ3v) is 4.33. The fourth-order valence-electron chi connectivity index (χ4n) is 2.96. The van der Waals surface area contributed by atoms with E-state index in [1.54, 1.807) is 0 Å². The van der Waals surface area contributed by atoms with Crippen LogP contribution < -0.4 is 11.5 Å². The van der Waals surface area contributed by atoms with Gasteiger partial charge in [-0.2, -0.15) is 0 Å². The molecule has 4 rings (SSSR count). The number of anilines is 2. The van der Waals surface area contributed by atoms with Crippen LogP contribution in [0.3, 0.4) is 0 Å². The molecule has 0 aromatic heterocycles. The Bertz CT molecular complexity index is 915. The molecule has 4 aromatic carbocycles. The van der Waals surface area contributed by atoms with Crippen LogP contribution in [0.2, 0.25) is 0 Å². The summed E-state index contributed by atoms with van der Waals surface area (Å²) >= 11 is 0. The number of hydrogen-bond acceptors (Lipinski definition) is 2. The Labute approximate surface area is 141 Å². The van der Waals surface area contributed by atoms with Crippen molar-refractivity contribution in [1.29, 1.82) is 0 Å². The second-order valence-electron chi connectivity index (χ2n) is 6.02. The molecule has 4 N–H and O–H groups in total. The van der Waals surface area contributed by atoms with Crippen LogP contribution >= 0.6 is 0 Å². The highest BCUT2D eigenvalue weighted by Gasteiger charge is 2.03. The Morgan fingerprint density at radius 1 is 0.375 bits per heavy atom. The standard InChI is InChI=1S/C22H18N2/c23-21-9-5-15(6-10-21)17-1-3-19-14-18(2-4-20(19)13-17)16-7-11-22(24)12-8-16/h1-14H,23-24H2. The zero-order valence-corrected chi connectivity index (χ0v) is 13.2. The van der Waals surface area contributed by atoms with E-state index in [4.69, 9.17) is 11.5 Å². The lowest BCUT2D eigenvalue weighted by Gasteiger charge is -2.07. The van der Waals surface area contributed by atoms with Gasteiger partial charge in [-0.1, -0.05) is 48.5 Å². The lowest BCUT2D eigenvalue weighted by molar-refractivity contribution is 1.62. The maximum absolute atomic E-state index is 5.77. The monoisotopic (exact) mass is 310 g/mol. The fourth-order valence-corrected chi connectivity index (χ4v) is 2.96. The van der Waals surface area contributed by atoms with E-state index in [9.17, 15) is 0 Å². The molecule has 24 heavy (non-hydrogen) atoms. The van der Waals surface area contributed by atoms with E-state index < -0.39 is 0 Å². The number of nitrogens with two attached hydrogens (primary N) is 2. The van der Waals surface area contributed by atoms with E-state index in [1.807, 2.05) is 24.3 Å². The van der Waals surface area contributed by atoms with Crippen LogP contribution in [0.5, 0.6) is 0 Å². The third kappa shape index (κ3) is 2.70. The van der Waals surface area contributed by atoms with E-state index in [-0.39, 0.29) is 0 Å². The molecule has 0 bridgehead atoms. The van der Waals surface area contributed by atoms with Crippen molar-refractivity contribution in [2.75, 3.05) is 11.5 Å². The quantitative estimate of drug-likeness (QED) is 0.491. The van der Waals surface area contributed by atoms with Crippen molar-refractivity contribution in [2.24, 2.45) is 0 Å². The Morgan fingerprint density at radius 2 is 0.708 bits per heavy atom. The molecule has 0 unspecified atom stereocenters. The molecule has 2 nitrogen and oxygen atoms in total. The van der Waals surface area contributed by atoms with Crippen LogP contribution in [-0.2, 0) is 0 Å². The summed E-state index contributed by atoms with van der Waals surface area (Å²) in [5, 5.41) is 2.45. The van der Waals surface area contributed by atoms with Crippen molar-refractivity contribution in [2.45, 2.75) is 0 Å². The number of hydrogen-bond donors (Lipinski definition) is 2. The molecule has 0 spiro atoms. The second-order valence-corrected chi connectivity index (χ2v) is 6.02. The van der Waals surface area contributed by atoms with E-state index in [1.165, 1.54) is 33.0 Å². The van der Waals surface area contributed by atoms with Crippen LogP contribution in [0.1, 0.15) is 0 Å². The van der Waals surface area contributed by atoms with Crippen LogP contribution in [0.15, 0.2) is 84.9 Å². The Balaban J connectivity index is 1.75. The van der Waals surface area contributed by atoms with Crippen LogP contribution in [-0.4, -0.2) is 0 Å². The van der Waals surface area contributed by atoms with Gasteiger partial charge in [-0.3, -0.25) is 0 Å². The van der Waals surface area contributed by atoms with Crippen molar-refractivity contribution in [1.82, 2.24) is 0 Å². The van der Waals surface area contributed by atoms with Gasteiger partial charge in [0.05, 0.1) is 0 Å². The average molecular weight is 310 g/mol. The normalized spacial score (nSPS) is 10.8. The first kappa shape index (κ1) is 14.3. The predicted molar refractivity (Wildman–Crippen MR) is 104 cm³/mol.